The van der Waals surface area contributed by atoms with Crippen LogP contribution in [0.5, 0.6) is 0 Å². The molecule has 0 heterocycles. The van der Waals surface area contributed by atoms with E-state index in [2.05, 4.69) is 46.4 Å². The second kappa shape index (κ2) is 2.98. The molecule has 8 heteroatoms. The first-order valence-corrected chi connectivity index (χ1v) is 3.52. The Morgan fingerprint density at radius 3 is 1.00 bits per heavy atom. The van der Waals surface area contributed by atoms with Crippen molar-refractivity contribution in [3.8, 4) is 0 Å². The molecule has 0 aromatic carbocycles. The Balaban J connectivity index is 4.75. The number of hydrogen-bond donors (Lipinski definition) is 0. The van der Waals surface area contributed by atoms with Crippen LogP contribution in [0, 0.1) is 0 Å². The molecular formula is C3Cl4F4. The minimum atomic E-state index is -4.69. The maximum absolute atomic E-state index is 12.3. The van der Waals surface area contributed by atoms with Gasteiger partial charge in [0.25, 0.3) is 0 Å². The minimum absolute atomic E-state index is 3.96. The SMILES string of the molecule is FC(F)(Cl)[C@](F)(Cl)C(F)(Cl)Cl. The third-order valence-corrected chi connectivity index (χ3v) is 2.28. The fourth-order valence-corrected chi connectivity index (χ4v) is 0.625. The summed E-state index contributed by atoms with van der Waals surface area (Å²) in [6.07, 6.45) is 0. The van der Waals surface area contributed by atoms with Crippen LogP contribution >= 0.6 is 46.4 Å². The van der Waals surface area contributed by atoms with Crippen molar-refractivity contribution < 1.29 is 17.6 Å². The predicted octanol–water partition coefficient (Wildman–Crippen LogP) is 3.82. The molecule has 0 aliphatic heterocycles. The van der Waals surface area contributed by atoms with Gasteiger partial charge in [0.15, 0.2) is 0 Å². The lowest BCUT2D eigenvalue weighted by atomic mass is 10.4. The Morgan fingerprint density at radius 1 is 0.727 bits per heavy atom. The largest absolute Gasteiger partial charge is 0.375 e. The van der Waals surface area contributed by atoms with E-state index >= 15 is 0 Å². The van der Waals surface area contributed by atoms with Gasteiger partial charge in [-0.05, 0) is 11.6 Å². The highest BCUT2D eigenvalue weighted by molar-refractivity contribution is 6.53. The number of hydrogen-bond acceptors (Lipinski definition) is 0. The molecule has 0 amide bonds. The van der Waals surface area contributed by atoms with E-state index in [-0.39, 0.29) is 0 Å². The summed E-state index contributed by atoms with van der Waals surface area (Å²) in [4.78, 5) is 0. The molecule has 0 rings (SSSR count). The van der Waals surface area contributed by atoms with Crippen LogP contribution in [0.2, 0.25) is 0 Å². The van der Waals surface area contributed by atoms with Gasteiger partial charge in [-0.25, -0.2) is 8.78 Å². The van der Waals surface area contributed by atoms with E-state index in [4.69, 9.17) is 0 Å². The van der Waals surface area contributed by atoms with Gasteiger partial charge in [0.1, 0.15) is 0 Å². The van der Waals surface area contributed by atoms with E-state index in [1.807, 2.05) is 0 Å². The molecule has 0 nitrogen and oxygen atoms in total. The van der Waals surface area contributed by atoms with E-state index in [1.165, 1.54) is 0 Å². The van der Waals surface area contributed by atoms with Crippen molar-refractivity contribution >= 4 is 46.4 Å². The molecule has 0 aliphatic carbocycles. The summed E-state index contributed by atoms with van der Waals surface area (Å²) in [5, 5.41) is -9.04. The predicted molar refractivity (Wildman–Crippen MR) is 36.0 cm³/mol. The van der Waals surface area contributed by atoms with Gasteiger partial charge in [0.2, 0.25) is 0 Å². The average molecular weight is 254 g/mol. The van der Waals surface area contributed by atoms with Gasteiger partial charge in [-0.1, -0.05) is 34.8 Å². The lowest BCUT2D eigenvalue weighted by Crippen LogP contribution is -2.46. The molecule has 68 valence electrons. The Kier molecular flexibility index (Phi) is 3.22. The summed E-state index contributed by atoms with van der Waals surface area (Å²) in [6, 6.07) is 0. The third kappa shape index (κ3) is 2.41. The van der Waals surface area contributed by atoms with Gasteiger partial charge in [-0.2, -0.15) is 8.78 Å². The second-order valence-electron chi connectivity index (χ2n) is 1.57. The normalized spacial score (nSPS) is 19.6. The van der Waals surface area contributed by atoms with Gasteiger partial charge in [-0.3, -0.25) is 0 Å². The van der Waals surface area contributed by atoms with E-state index < -0.39 is 15.1 Å². The maximum atomic E-state index is 12.3. The summed E-state index contributed by atoms with van der Waals surface area (Å²) >= 11 is 17.0. The van der Waals surface area contributed by atoms with Crippen molar-refractivity contribution in [2.75, 3.05) is 0 Å². The molecule has 0 fully saturated rings. The van der Waals surface area contributed by atoms with Crippen molar-refractivity contribution in [3.05, 3.63) is 0 Å². The smallest absolute Gasteiger partial charge is 0.211 e. The average Bonchev–Trinajstić information content (AvgIpc) is 1.58. The second-order valence-corrected chi connectivity index (χ2v) is 3.80. The number of rotatable bonds is 2. The molecule has 0 radical (unpaired) electrons. The van der Waals surface area contributed by atoms with Crippen LogP contribution in [0.3, 0.4) is 0 Å². The van der Waals surface area contributed by atoms with E-state index in [0.29, 0.717) is 0 Å². The van der Waals surface area contributed by atoms with Crippen molar-refractivity contribution in [3.63, 3.8) is 0 Å². The molecule has 0 bridgehead atoms. The Labute approximate surface area is 79.3 Å². The van der Waals surface area contributed by atoms with Crippen molar-refractivity contribution in [1.82, 2.24) is 0 Å². The molecule has 0 saturated heterocycles. The molecule has 1 atom stereocenters. The zero-order valence-electron chi connectivity index (χ0n) is 4.52. The van der Waals surface area contributed by atoms with Crippen LogP contribution in [0.4, 0.5) is 17.6 Å². The fraction of sp³-hybridized carbons (Fsp3) is 1.00. The van der Waals surface area contributed by atoms with Crippen LogP contribution in [0.15, 0.2) is 0 Å². The van der Waals surface area contributed by atoms with E-state index in [1.54, 1.807) is 0 Å². The molecule has 0 unspecified atom stereocenters. The van der Waals surface area contributed by atoms with Gasteiger partial charge in [0, 0.05) is 0 Å². The lowest BCUT2D eigenvalue weighted by molar-refractivity contribution is -0.0516. The van der Waals surface area contributed by atoms with Crippen molar-refractivity contribution in [2.45, 2.75) is 15.1 Å². The Hall–Kier alpha value is 0.880. The van der Waals surface area contributed by atoms with Crippen LogP contribution in [0.25, 0.3) is 0 Å². The summed E-state index contributed by atoms with van der Waals surface area (Å²) in [5.41, 5.74) is 0. The van der Waals surface area contributed by atoms with Gasteiger partial charge in [-0.15, -0.1) is 0 Å². The first kappa shape index (κ1) is 11.9. The molecule has 0 aliphatic rings. The van der Waals surface area contributed by atoms with Crippen molar-refractivity contribution in [1.29, 1.82) is 0 Å². The Bertz CT molecular complexity index is 128. The standard InChI is InChI=1S/C3Cl4F4/c4-1(8,2(5,6)9)3(7,10)11/t1-/m0/s1. The number of alkyl halides is 8. The summed E-state index contributed by atoms with van der Waals surface area (Å²) < 4.78 is 44.2. The monoisotopic (exact) mass is 252 g/mol. The fourth-order valence-electron chi connectivity index (χ4n) is 0.161. The first-order valence-electron chi connectivity index (χ1n) is 2.01. The minimum Gasteiger partial charge on any atom is -0.211 e. The summed E-state index contributed by atoms with van der Waals surface area (Å²) in [7, 11) is 0. The quantitative estimate of drug-likeness (QED) is 0.518. The molecule has 0 aromatic rings. The molecule has 11 heavy (non-hydrogen) atoms. The van der Waals surface area contributed by atoms with Gasteiger partial charge in [0.05, 0.1) is 0 Å². The highest BCUT2D eigenvalue weighted by atomic mass is 35.5. The topological polar surface area (TPSA) is 0 Å². The highest BCUT2D eigenvalue weighted by Crippen LogP contribution is 2.52. The summed E-state index contributed by atoms with van der Waals surface area (Å²) in [6.45, 7) is 0. The summed E-state index contributed by atoms with van der Waals surface area (Å²) in [5.74, 6) is 0. The van der Waals surface area contributed by atoms with E-state index in [0.717, 1.165) is 0 Å². The highest BCUT2D eigenvalue weighted by Gasteiger charge is 2.66. The molecule has 0 saturated carbocycles. The lowest BCUT2D eigenvalue weighted by Gasteiger charge is -2.27. The van der Waals surface area contributed by atoms with Crippen LogP contribution in [-0.2, 0) is 0 Å². The Morgan fingerprint density at radius 2 is 1.00 bits per heavy atom. The molecule has 0 aromatic heterocycles. The van der Waals surface area contributed by atoms with Crippen LogP contribution in [0.1, 0.15) is 0 Å². The first-order chi connectivity index (χ1) is 4.50. The van der Waals surface area contributed by atoms with E-state index in [9.17, 15) is 17.6 Å². The molecule has 0 spiro atoms. The number of halogens is 8. The van der Waals surface area contributed by atoms with Crippen LogP contribution in [-0.4, -0.2) is 15.1 Å². The zero-order chi connectivity index (χ0) is 9.50. The van der Waals surface area contributed by atoms with Crippen molar-refractivity contribution in [2.24, 2.45) is 0 Å². The molecular weight excluding hydrogens is 254 g/mol. The third-order valence-electron chi connectivity index (χ3n) is 0.712. The zero-order valence-corrected chi connectivity index (χ0v) is 7.55. The molecule has 0 N–H and O–H groups in total. The van der Waals surface area contributed by atoms with Crippen LogP contribution < -0.4 is 0 Å². The van der Waals surface area contributed by atoms with Gasteiger partial charge >= 0.3 is 15.1 Å². The maximum Gasteiger partial charge on any atom is 0.375 e. The van der Waals surface area contributed by atoms with Gasteiger partial charge < -0.3 is 0 Å².